The van der Waals surface area contributed by atoms with E-state index in [0.29, 0.717) is 16.6 Å². The van der Waals surface area contributed by atoms with E-state index < -0.39 is 0 Å². The molecule has 2 unspecified atom stereocenters. The molecular formula is C18H23BrN2O. The summed E-state index contributed by atoms with van der Waals surface area (Å²) in [6.45, 7) is 4.80. The van der Waals surface area contributed by atoms with E-state index >= 15 is 0 Å². The van der Waals surface area contributed by atoms with Crippen LogP contribution >= 0.6 is 15.9 Å². The molecule has 22 heavy (non-hydrogen) atoms. The minimum atomic E-state index is -0.169. The highest BCUT2D eigenvalue weighted by Gasteiger charge is 2.62. The summed E-state index contributed by atoms with van der Waals surface area (Å²) < 4.78 is 0.931. The zero-order valence-corrected chi connectivity index (χ0v) is 14.9. The van der Waals surface area contributed by atoms with Crippen molar-refractivity contribution in [3.63, 3.8) is 0 Å². The summed E-state index contributed by atoms with van der Waals surface area (Å²) in [5.74, 6) is 1.60. The molecule has 4 heteroatoms. The maximum atomic E-state index is 13.1. The molecular weight excluding hydrogens is 340 g/mol. The average Bonchev–Trinajstić information content (AvgIpc) is 2.37. The molecule has 1 aromatic heterocycles. The smallest absolute Gasteiger partial charge is 0.231 e. The minimum Gasteiger partial charge on any atom is -0.310 e. The van der Waals surface area contributed by atoms with Gasteiger partial charge in [-0.3, -0.25) is 4.79 Å². The molecule has 0 spiro atoms. The van der Waals surface area contributed by atoms with Crippen LogP contribution in [0.15, 0.2) is 22.8 Å². The predicted octanol–water partition coefficient (Wildman–Crippen LogP) is 4.78. The molecule has 0 radical (unpaired) electrons. The number of pyridine rings is 1. The van der Waals surface area contributed by atoms with E-state index in [1.807, 2.05) is 12.1 Å². The van der Waals surface area contributed by atoms with E-state index in [2.05, 4.69) is 40.1 Å². The van der Waals surface area contributed by atoms with Crippen LogP contribution in [0.2, 0.25) is 0 Å². The summed E-state index contributed by atoms with van der Waals surface area (Å²) in [7, 11) is 0. The van der Waals surface area contributed by atoms with Crippen molar-refractivity contribution in [1.82, 2.24) is 4.98 Å². The molecule has 2 atom stereocenters. The van der Waals surface area contributed by atoms with E-state index in [9.17, 15) is 4.79 Å². The number of hydrogen-bond donors (Lipinski definition) is 1. The number of carbonyl (C=O) groups excluding carboxylic acids is 1. The Kier molecular flexibility index (Phi) is 3.04. The summed E-state index contributed by atoms with van der Waals surface area (Å²) in [5.41, 5.74) is 0.551. The number of amides is 1. The van der Waals surface area contributed by atoms with Crippen LogP contribution in [-0.2, 0) is 4.79 Å². The second kappa shape index (κ2) is 4.56. The SMILES string of the molecule is CC12CC3CC(C)(C1)CC(C(=O)Nc1ccc(Br)cn1)(C3)C2. The van der Waals surface area contributed by atoms with E-state index in [1.54, 1.807) is 6.20 Å². The number of nitrogens with zero attached hydrogens (tertiary/aromatic N) is 1. The average molecular weight is 363 g/mol. The number of halogens is 1. The Bertz CT molecular complexity index is 608. The first-order valence-corrected chi connectivity index (χ1v) is 9.02. The van der Waals surface area contributed by atoms with Gasteiger partial charge >= 0.3 is 0 Å². The van der Waals surface area contributed by atoms with Crippen LogP contribution in [-0.4, -0.2) is 10.9 Å². The first-order chi connectivity index (χ1) is 10.3. The maximum Gasteiger partial charge on any atom is 0.231 e. The number of nitrogens with one attached hydrogen (secondary N) is 1. The van der Waals surface area contributed by atoms with Gasteiger partial charge in [-0.1, -0.05) is 13.8 Å². The molecule has 0 saturated heterocycles. The van der Waals surface area contributed by atoms with Crippen molar-refractivity contribution in [2.75, 3.05) is 5.32 Å². The molecule has 4 saturated carbocycles. The summed E-state index contributed by atoms with van der Waals surface area (Å²) >= 11 is 3.38. The number of hydrogen-bond acceptors (Lipinski definition) is 2. The van der Waals surface area contributed by atoms with Crippen molar-refractivity contribution < 1.29 is 4.79 Å². The Balaban J connectivity index is 1.61. The third kappa shape index (κ3) is 2.31. The van der Waals surface area contributed by atoms with Gasteiger partial charge in [0.25, 0.3) is 0 Å². The molecule has 1 heterocycles. The van der Waals surface area contributed by atoms with Crippen LogP contribution in [0, 0.1) is 22.2 Å². The van der Waals surface area contributed by atoms with Gasteiger partial charge in [0.1, 0.15) is 5.82 Å². The second-order valence-electron chi connectivity index (χ2n) is 8.73. The van der Waals surface area contributed by atoms with Crippen molar-refractivity contribution in [2.24, 2.45) is 22.2 Å². The molecule has 4 aliphatic rings. The Morgan fingerprint density at radius 1 is 1.18 bits per heavy atom. The van der Waals surface area contributed by atoms with E-state index in [4.69, 9.17) is 0 Å². The lowest BCUT2D eigenvalue weighted by molar-refractivity contribution is -0.165. The molecule has 5 rings (SSSR count). The van der Waals surface area contributed by atoms with Gasteiger partial charge in [0, 0.05) is 10.7 Å². The van der Waals surface area contributed by atoms with Crippen molar-refractivity contribution in [3.05, 3.63) is 22.8 Å². The zero-order chi connectivity index (χ0) is 15.6. The molecule has 0 aliphatic heterocycles. The van der Waals surface area contributed by atoms with Crippen LogP contribution in [0.4, 0.5) is 5.82 Å². The quantitative estimate of drug-likeness (QED) is 0.822. The van der Waals surface area contributed by atoms with Gasteiger partial charge in [0.15, 0.2) is 0 Å². The maximum absolute atomic E-state index is 13.1. The lowest BCUT2D eigenvalue weighted by Crippen LogP contribution is -2.58. The first-order valence-electron chi connectivity index (χ1n) is 8.23. The summed E-state index contributed by atoms with van der Waals surface area (Å²) in [6.07, 6.45) is 8.83. The molecule has 4 aliphatic carbocycles. The van der Waals surface area contributed by atoms with Gasteiger partial charge in [-0.25, -0.2) is 4.98 Å². The second-order valence-corrected chi connectivity index (χ2v) is 9.64. The first kappa shape index (κ1) is 14.7. The topological polar surface area (TPSA) is 42.0 Å². The van der Waals surface area contributed by atoms with E-state index in [1.165, 1.54) is 19.3 Å². The van der Waals surface area contributed by atoms with Gasteiger partial charge in [0.05, 0.1) is 5.41 Å². The van der Waals surface area contributed by atoms with Gasteiger partial charge in [0.2, 0.25) is 5.91 Å². The molecule has 4 fully saturated rings. The van der Waals surface area contributed by atoms with Crippen LogP contribution < -0.4 is 5.32 Å². The van der Waals surface area contributed by atoms with Gasteiger partial charge < -0.3 is 5.32 Å². The monoisotopic (exact) mass is 362 g/mol. The van der Waals surface area contributed by atoms with Crippen LogP contribution in [0.25, 0.3) is 0 Å². The summed E-state index contributed by atoms with van der Waals surface area (Å²) in [6, 6.07) is 3.79. The Hall–Kier alpha value is -0.900. The van der Waals surface area contributed by atoms with Crippen molar-refractivity contribution in [2.45, 2.75) is 52.4 Å². The van der Waals surface area contributed by atoms with Crippen LogP contribution in [0.5, 0.6) is 0 Å². The van der Waals surface area contributed by atoms with Gasteiger partial charge in [-0.2, -0.15) is 0 Å². The Morgan fingerprint density at radius 3 is 2.41 bits per heavy atom. The molecule has 1 amide bonds. The van der Waals surface area contributed by atoms with Crippen LogP contribution in [0.3, 0.4) is 0 Å². The Labute approximate surface area is 140 Å². The largest absolute Gasteiger partial charge is 0.310 e. The standard InChI is InChI=1S/C18H23BrN2O/c1-16-5-12-6-17(2,9-16)11-18(7-12,10-16)15(22)21-14-4-3-13(19)8-20-14/h3-4,8,12H,5-7,9-11H2,1-2H3,(H,20,21,22). The summed E-state index contributed by atoms with van der Waals surface area (Å²) in [5, 5.41) is 3.09. The lowest BCUT2D eigenvalue weighted by Gasteiger charge is -2.64. The van der Waals surface area contributed by atoms with Crippen molar-refractivity contribution in [1.29, 1.82) is 0 Å². The highest BCUT2D eigenvalue weighted by molar-refractivity contribution is 9.10. The highest BCUT2D eigenvalue weighted by Crippen LogP contribution is 2.69. The zero-order valence-electron chi connectivity index (χ0n) is 13.3. The highest BCUT2D eigenvalue weighted by atomic mass is 79.9. The fourth-order valence-electron chi connectivity index (χ4n) is 6.40. The third-order valence-electron chi connectivity index (χ3n) is 6.08. The predicted molar refractivity (Wildman–Crippen MR) is 90.4 cm³/mol. The molecule has 118 valence electrons. The van der Waals surface area contributed by atoms with Gasteiger partial charge in [-0.15, -0.1) is 0 Å². The number of rotatable bonds is 2. The van der Waals surface area contributed by atoms with Crippen molar-refractivity contribution >= 4 is 27.7 Å². The Morgan fingerprint density at radius 2 is 1.86 bits per heavy atom. The summed E-state index contributed by atoms with van der Waals surface area (Å²) in [4.78, 5) is 17.4. The van der Waals surface area contributed by atoms with Crippen LogP contribution in [0.1, 0.15) is 52.4 Å². The van der Waals surface area contributed by atoms with E-state index in [0.717, 1.165) is 29.7 Å². The van der Waals surface area contributed by atoms with Gasteiger partial charge in [-0.05, 0) is 83.3 Å². The number of anilines is 1. The fraction of sp³-hybridized carbons (Fsp3) is 0.667. The third-order valence-corrected chi connectivity index (χ3v) is 6.55. The fourth-order valence-corrected chi connectivity index (χ4v) is 6.63. The van der Waals surface area contributed by atoms with E-state index in [-0.39, 0.29) is 11.3 Å². The number of carbonyl (C=O) groups is 1. The normalized spacial score (nSPS) is 42.4. The number of aromatic nitrogens is 1. The van der Waals surface area contributed by atoms with Crippen molar-refractivity contribution in [3.8, 4) is 0 Å². The molecule has 1 N–H and O–H groups in total. The molecule has 1 aromatic rings. The molecule has 0 aromatic carbocycles. The minimum absolute atomic E-state index is 0.169. The molecule has 3 nitrogen and oxygen atoms in total. The lowest BCUT2D eigenvalue weighted by atomic mass is 9.40. The molecule has 4 bridgehead atoms.